The van der Waals surface area contributed by atoms with Crippen molar-refractivity contribution in [3.8, 4) is 0 Å². The summed E-state index contributed by atoms with van der Waals surface area (Å²) in [6.45, 7) is 13.8. The molecule has 0 bridgehead atoms. The minimum atomic E-state index is -0.609. The number of nitrogens with two attached hydrogens (primary N) is 1. The number of nitrogens with one attached hydrogen (secondary N) is 6. The van der Waals surface area contributed by atoms with Crippen molar-refractivity contribution >= 4 is 24.2 Å². The third-order valence-corrected chi connectivity index (χ3v) is 5.54. The molecule has 0 unspecified atom stereocenters. The first-order valence-corrected chi connectivity index (χ1v) is 13.6. The Kier molecular flexibility index (Phi) is 14.6. The van der Waals surface area contributed by atoms with Gasteiger partial charge in [-0.05, 0) is 54.0 Å². The molecule has 0 aliphatic carbocycles. The zero-order valence-electron chi connectivity index (χ0n) is 24.8. The van der Waals surface area contributed by atoms with E-state index in [2.05, 4.69) is 31.9 Å². The van der Waals surface area contributed by atoms with Gasteiger partial charge in [-0.1, -0.05) is 30.3 Å². The third kappa shape index (κ3) is 15.0. The maximum atomic E-state index is 12.8. The summed E-state index contributed by atoms with van der Waals surface area (Å²) in [6.07, 6.45) is -0.561. The van der Waals surface area contributed by atoms with Gasteiger partial charge in [-0.15, -0.1) is 0 Å². The predicted octanol–water partition coefficient (Wildman–Crippen LogP) is 1.83. The van der Waals surface area contributed by atoms with Crippen LogP contribution in [0.1, 0.15) is 54.0 Å². The molecule has 0 heterocycles. The first kappa shape index (κ1) is 34.3. The van der Waals surface area contributed by atoms with E-state index in [1.54, 1.807) is 46.4 Å². The van der Waals surface area contributed by atoms with Crippen LogP contribution < -0.4 is 37.6 Å². The number of benzene rings is 1. The Balaban J connectivity index is 2.34. The number of amides is 7. The summed E-state index contributed by atoms with van der Waals surface area (Å²) in [6, 6.07) is 7.29. The van der Waals surface area contributed by atoms with E-state index < -0.39 is 23.8 Å². The molecule has 0 aliphatic heterocycles. The van der Waals surface area contributed by atoms with Gasteiger partial charge >= 0.3 is 24.2 Å². The molecule has 13 nitrogen and oxygen atoms in total. The Morgan fingerprint density at radius 1 is 0.800 bits per heavy atom. The van der Waals surface area contributed by atoms with Gasteiger partial charge in [0.15, 0.2) is 0 Å². The van der Waals surface area contributed by atoms with E-state index >= 15 is 0 Å². The van der Waals surface area contributed by atoms with Crippen LogP contribution in [0.25, 0.3) is 0 Å². The lowest BCUT2D eigenvalue weighted by molar-refractivity contribution is 0.0508. The van der Waals surface area contributed by atoms with Gasteiger partial charge in [-0.2, -0.15) is 0 Å². The molecule has 226 valence electrons. The Hall–Kier alpha value is -3.74. The largest absolute Gasteiger partial charge is 0.444 e. The highest BCUT2D eigenvalue weighted by molar-refractivity contribution is 5.76. The van der Waals surface area contributed by atoms with Gasteiger partial charge in [-0.3, -0.25) is 0 Å². The number of alkyl carbamates (subject to hydrolysis) is 1. The summed E-state index contributed by atoms with van der Waals surface area (Å²) >= 11 is 0. The molecule has 0 spiro atoms. The van der Waals surface area contributed by atoms with Gasteiger partial charge in [0, 0.05) is 56.9 Å². The second kappa shape index (κ2) is 17.1. The molecule has 8 N–H and O–H groups in total. The standard InChI is InChI=1S/C27H48N8O5/c1-18(32-24(37)30-15-20(3)34-26(39)40-27(5,6)7)14-29-23(36)33-19(2)16-31-25(38)35(21(4)13-28)17-22-11-9-8-10-12-22/h8-12,18-21H,13-17,28H2,1-7H3,(H,31,38)(H,34,39)(H2,29,33,36)(H2,30,32,37)/t18-,19+,20+,21-/m0/s1. The fraction of sp³-hybridized carbons (Fsp3) is 0.630. The molecule has 0 saturated carbocycles. The van der Waals surface area contributed by atoms with E-state index in [1.165, 1.54) is 0 Å². The summed E-state index contributed by atoms with van der Waals surface area (Å²) in [4.78, 5) is 50.7. The van der Waals surface area contributed by atoms with Crippen molar-refractivity contribution in [3.63, 3.8) is 0 Å². The lowest BCUT2D eigenvalue weighted by Gasteiger charge is -2.29. The smallest absolute Gasteiger partial charge is 0.407 e. The van der Waals surface area contributed by atoms with Gasteiger partial charge in [0.05, 0.1) is 0 Å². The number of hydrogen-bond donors (Lipinski definition) is 7. The molecule has 1 aromatic rings. The fourth-order valence-corrected chi connectivity index (χ4v) is 3.38. The second-order valence-corrected chi connectivity index (χ2v) is 10.9. The summed E-state index contributed by atoms with van der Waals surface area (Å²) in [5.74, 6) is 0. The van der Waals surface area contributed by atoms with Crippen LogP contribution in [0.4, 0.5) is 19.2 Å². The molecule has 0 aliphatic rings. The second-order valence-electron chi connectivity index (χ2n) is 10.9. The number of urea groups is 3. The number of ether oxygens (including phenoxy) is 1. The zero-order valence-corrected chi connectivity index (χ0v) is 24.8. The number of nitrogens with zero attached hydrogens (tertiary/aromatic N) is 1. The van der Waals surface area contributed by atoms with Crippen LogP contribution in [-0.4, -0.2) is 85.0 Å². The quantitative estimate of drug-likeness (QED) is 0.192. The topological polar surface area (TPSA) is 179 Å². The fourth-order valence-electron chi connectivity index (χ4n) is 3.38. The molecule has 1 aromatic carbocycles. The van der Waals surface area contributed by atoms with Crippen LogP contribution in [0.2, 0.25) is 0 Å². The molecule has 0 radical (unpaired) electrons. The molecule has 40 heavy (non-hydrogen) atoms. The summed E-state index contributed by atoms with van der Waals surface area (Å²) in [5, 5.41) is 16.3. The van der Waals surface area contributed by atoms with Gasteiger partial charge in [0.1, 0.15) is 5.60 Å². The van der Waals surface area contributed by atoms with Crippen LogP contribution in [-0.2, 0) is 11.3 Å². The lowest BCUT2D eigenvalue weighted by atomic mass is 10.2. The van der Waals surface area contributed by atoms with Crippen molar-refractivity contribution in [3.05, 3.63) is 35.9 Å². The summed E-state index contributed by atoms with van der Waals surface area (Å²) in [5.41, 5.74) is 6.19. The van der Waals surface area contributed by atoms with Crippen LogP contribution in [0.15, 0.2) is 30.3 Å². The van der Waals surface area contributed by atoms with E-state index in [1.807, 2.05) is 37.3 Å². The Morgan fingerprint density at radius 3 is 1.75 bits per heavy atom. The minimum absolute atomic E-state index is 0.164. The zero-order chi connectivity index (χ0) is 30.3. The summed E-state index contributed by atoms with van der Waals surface area (Å²) < 4.78 is 5.18. The predicted molar refractivity (Wildman–Crippen MR) is 155 cm³/mol. The number of hydrogen-bond acceptors (Lipinski definition) is 6. The monoisotopic (exact) mass is 564 g/mol. The van der Waals surface area contributed by atoms with Crippen LogP contribution in [0.5, 0.6) is 0 Å². The van der Waals surface area contributed by atoms with E-state index in [9.17, 15) is 19.2 Å². The maximum Gasteiger partial charge on any atom is 0.407 e. The molecule has 1 rings (SSSR count). The van der Waals surface area contributed by atoms with Crippen molar-refractivity contribution in [1.29, 1.82) is 0 Å². The van der Waals surface area contributed by atoms with E-state index in [0.29, 0.717) is 13.1 Å². The average molecular weight is 565 g/mol. The maximum absolute atomic E-state index is 12.8. The summed E-state index contributed by atoms with van der Waals surface area (Å²) in [7, 11) is 0. The molecule has 0 aromatic heterocycles. The van der Waals surface area contributed by atoms with Crippen molar-refractivity contribution in [1.82, 2.24) is 36.8 Å². The van der Waals surface area contributed by atoms with Gasteiger partial charge < -0.3 is 47.3 Å². The number of carbonyl (C=O) groups is 4. The Labute approximate surface area is 237 Å². The van der Waals surface area contributed by atoms with Gasteiger partial charge in [-0.25, -0.2) is 19.2 Å². The number of carbonyl (C=O) groups excluding carboxylic acids is 4. The minimum Gasteiger partial charge on any atom is -0.444 e. The Bertz CT molecular complexity index is 941. The Morgan fingerprint density at radius 2 is 1.27 bits per heavy atom. The first-order valence-electron chi connectivity index (χ1n) is 13.6. The first-order chi connectivity index (χ1) is 18.7. The van der Waals surface area contributed by atoms with Crippen molar-refractivity contribution in [2.45, 2.75) is 84.8 Å². The number of rotatable bonds is 13. The normalized spacial score (nSPS) is 14.0. The molecule has 13 heteroatoms. The lowest BCUT2D eigenvalue weighted by Crippen LogP contribution is -2.53. The van der Waals surface area contributed by atoms with E-state index in [-0.39, 0.29) is 49.8 Å². The average Bonchev–Trinajstić information content (AvgIpc) is 2.87. The molecular weight excluding hydrogens is 516 g/mol. The van der Waals surface area contributed by atoms with E-state index in [0.717, 1.165) is 5.56 Å². The highest BCUT2D eigenvalue weighted by atomic mass is 16.6. The van der Waals surface area contributed by atoms with Crippen LogP contribution >= 0.6 is 0 Å². The highest BCUT2D eigenvalue weighted by Gasteiger charge is 2.21. The van der Waals surface area contributed by atoms with Crippen LogP contribution in [0, 0.1) is 0 Å². The van der Waals surface area contributed by atoms with Crippen molar-refractivity contribution in [2.24, 2.45) is 5.73 Å². The van der Waals surface area contributed by atoms with Crippen molar-refractivity contribution < 1.29 is 23.9 Å². The highest BCUT2D eigenvalue weighted by Crippen LogP contribution is 2.08. The molecule has 7 amide bonds. The third-order valence-electron chi connectivity index (χ3n) is 5.54. The van der Waals surface area contributed by atoms with Crippen LogP contribution in [0.3, 0.4) is 0 Å². The van der Waals surface area contributed by atoms with Crippen molar-refractivity contribution in [2.75, 3.05) is 26.2 Å². The molecule has 0 fully saturated rings. The van der Waals surface area contributed by atoms with E-state index in [4.69, 9.17) is 10.5 Å². The van der Waals surface area contributed by atoms with Gasteiger partial charge in [0.25, 0.3) is 0 Å². The van der Waals surface area contributed by atoms with Gasteiger partial charge in [0.2, 0.25) is 0 Å². The molecule has 0 saturated heterocycles. The molecule has 4 atom stereocenters. The SMILES string of the molecule is C[C@H](CNC(=O)N(Cc1ccccc1)[C@@H](C)CN)NC(=O)NC[C@H](C)NC(=O)NC[C@@H](C)NC(=O)OC(C)(C)C. The molecular formula is C27H48N8O5.